The van der Waals surface area contributed by atoms with E-state index in [1.165, 1.54) is 0 Å². The van der Waals surface area contributed by atoms with Gasteiger partial charge in [0.25, 0.3) is 0 Å². The number of hydrogen-bond donors (Lipinski definition) is 1. The number of rotatable bonds is 6. The third-order valence-corrected chi connectivity index (χ3v) is 2.88. The van der Waals surface area contributed by atoms with Crippen LogP contribution < -0.4 is 4.74 Å². The highest BCUT2D eigenvalue weighted by Gasteiger charge is 2.11. The summed E-state index contributed by atoms with van der Waals surface area (Å²) in [5.41, 5.74) is 1.57. The highest BCUT2D eigenvalue weighted by Crippen LogP contribution is 2.21. The number of likely N-dealkylation sites (N-methyl/N-ethyl adjacent to an activating group) is 1. The van der Waals surface area contributed by atoms with E-state index in [1.807, 2.05) is 24.9 Å². The van der Waals surface area contributed by atoms with E-state index in [2.05, 4.69) is 0 Å². The van der Waals surface area contributed by atoms with Crippen LogP contribution in [0.15, 0.2) is 18.2 Å². The Bertz CT molecular complexity index is 379. The molecule has 0 fully saturated rings. The lowest BCUT2D eigenvalue weighted by Gasteiger charge is -2.23. The van der Waals surface area contributed by atoms with Crippen molar-refractivity contribution in [3.8, 4) is 5.75 Å². The van der Waals surface area contributed by atoms with Crippen molar-refractivity contribution in [1.29, 1.82) is 0 Å². The standard InChI is InChI=1S/C13H19NO3/c1-10(8-15)14(2)7-12-6-11(9-16)4-5-13(12)17-3/h4-6,9-10,15H,7-8H2,1-3H3. The Morgan fingerprint density at radius 2 is 2.24 bits per heavy atom. The lowest BCUT2D eigenvalue weighted by Crippen LogP contribution is -2.31. The first-order chi connectivity index (χ1) is 8.12. The van der Waals surface area contributed by atoms with E-state index in [0.29, 0.717) is 12.1 Å². The summed E-state index contributed by atoms with van der Waals surface area (Å²) >= 11 is 0. The Morgan fingerprint density at radius 3 is 2.76 bits per heavy atom. The van der Waals surface area contributed by atoms with Gasteiger partial charge >= 0.3 is 0 Å². The van der Waals surface area contributed by atoms with Gasteiger partial charge in [-0.25, -0.2) is 0 Å². The molecule has 0 aromatic heterocycles. The van der Waals surface area contributed by atoms with E-state index in [-0.39, 0.29) is 12.6 Å². The summed E-state index contributed by atoms with van der Waals surface area (Å²) < 4.78 is 5.25. The van der Waals surface area contributed by atoms with Crippen LogP contribution in [0.2, 0.25) is 0 Å². The zero-order valence-electron chi connectivity index (χ0n) is 10.5. The van der Waals surface area contributed by atoms with Gasteiger partial charge in [0.15, 0.2) is 0 Å². The number of aldehydes is 1. The van der Waals surface area contributed by atoms with E-state index in [9.17, 15) is 4.79 Å². The van der Waals surface area contributed by atoms with Gasteiger partial charge in [-0.2, -0.15) is 0 Å². The smallest absolute Gasteiger partial charge is 0.150 e. The van der Waals surface area contributed by atoms with Crippen molar-refractivity contribution in [2.45, 2.75) is 19.5 Å². The molecule has 4 heteroatoms. The van der Waals surface area contributed by atoms with Gasteiger partial charge in [0.1, 0.15) is 12.0 Å². The summed E-state index contributed by atoms with van der Waals surface area (Å²) in [6.45, 7) is 2.68. The first-order valence-corrected chi connectivity index (χ1v) is 5.55. The SMILES string of the molecule is COc1ccc(C=O)cc1CN(C)C(C)CO. The van der Waals surface area contributed by atoms with Crippen molar-refractivity contribution in [1.82, 2.24) is 4.90 Å². The van der Waals surface area contributed by atoms with Gasteiger partial charge in [0.2, 0.25) is 0 Å². The molecule has 0 amide bonds. The number of benzene rings is 1. The van der Waals surface area contributed by atoms with Crippen LogP contribution in [-0.4, -0.2) is 43.1 Å². The van der Waals surface area contributed by atoms with E-state index in [1.54, 1.807) is 19.2 Å². The van der Waals surface area contributed by atoms with Crippen LogP contribution in [0.1, 0.15) is 22.8 Å². The fourth-order valence-electron chi connectivity index (χ4n) is 1.56. The molecule has 0 radical (unpaired) electrons. The van der Waals surface area contributed by atoms with Crippen molar-refractivity contribution in [3.05, 3.63) is 29.3 Å². The maximum absolute atomic E-state index is 10.7. The number of hydrogen-bond acceptors (Lipinski definition) is 4. The first-order valence-electron chi connectivity index (χ1n) is 5.55. The molecule has 1 aromatic rings. The summed E-state index contributed by atoms with van der Waals surface area (Å²) in [7, 11) is 3.53. The number of nitrogens with zero attached hydrogens (tertiary/aromatic N) is 1. The topological polar surface area (TPSA) is 49.8 Å². The fourth-order valence-corrected chi connectivity index (χ4v) is 1.56. The van der Waals surface area contributed by atoms with Crippen molar-refractivity contribution in [2.24, 2.45) is 0 Å². The normalized spacial score (nSPS) is 12.5. The summed E-state index contributed by atoms with van der Waals surface area (Å²) in [5.74, 6) is 0.757. The molecule has 0 saturated heterocycles. The van der Waals surface area contributed by atoms with Crippen molar-refractivity contribution >= 4 is 6.29 Å². The van der Waals surface area contributed by atoms with Gasteiger partial charge in [0.05, 0.1) is 13.7 Å². The van der Waals surface area contributed by atoms with E-state index in [0.717, 1.165) is 17.6 Å². The van der Waals surface area contributed by atoms with E-state index >= 15 is 0 Å². The first kappa shape index (κ1) is 13.7. The van der Waals surface area contributed by atoms with Crippen molar-refractivity contribution < 1.29 is 14.6 Å². The molecular formula is C13H19NO3. The second-order valence-electron chi connectivity index (χ2n) is 4.14. The van der Waals surface area contributed by atoms with Crippen LogP contribution in [0.4, 0.5) is 0 Å². The molecule has 1 aromatic carbocycles. The number of ether oxygens (including phenoxy) is 1. The molecule has 17 heavy (non-hydrogen) atoms. The number of methoxy groups -OCH3 is 1. The molecule has 1 rings (SSSR count). The Kier molecular flexibility index (Phi) is 5.12. The number of carbonyl (C=O) groups is 1. The van der Waals surface area contributed by atoms with Crippen LogP contribution in [0.5, 0.6) is 5.75 Å². The molecule has 0 aliphatic rings. The van der Waals surface area contributed by atoms with E-state index < -0.39 is 0 Å². The molecule has 0 aliphatic heterocycles. The predicted octanol–water partition coefficient (Wildman–Crippen LogP) is 1.32. The molecule has 0 spiro atoms. The Balaban J connectivity index is 2.90. The van der Waals surface area contributed by atoms with Gasteiger partial charge in [0, 0.05) is 23.7 Å². The van der Waals surface area contributed by atoms with Gasteiger partial charge in [-0.05, 0) is 32.2 Å². The van der Waals surface area contributed by atoms with Crippen LogP contribution in [0.25, 0.3) is 0 Å². The quantitative estimate of drug-likeness (QED) is 0.758. The van der Waals surface area contributed by atoms with Crippen LogP contribution in [0.3, 0.4) is 0 Å². The molecule has 1 unspecified atom stereocenters. The molecule has 0 bridgehead atoms. The summed E-state index contributed by atoms with van der Waals surface area (Å²) in [5, 5.41) is 9.08. The number of aliphatic hydroxyl groups excluding tert-OH is 1. The van der Waals surface area contributed by atoms with Gasteiger partial charge in [-0.15, -0.1) is 0 Å². The highest BCUT2D eigenvalue weighted by atomic mass is 16.5. The molecule has 0 heterocycles. The molecular weight excluding hydrogens is 218 g/mol. The monoisotopic (exact) mass is 237 g/mol. The molecule has 94 valence electrons. The zero-order chi connectivity index (χ0) is 12.8. The second kappa shape index (κ2) is 6.37. The maximum atomic E-state index is 10.7. The predicted molar refractivity (Wildman–Crippen MR) is 66.4 cm³/mol. The highest BCUT2D eigenvalue weighted by molar-refractivity contribution is 5.75. The van der Waals surface area contributed by atoms with Gasteiger partial charge < -0.3 is 9.84 Å². The largest absolute Gasteiger partial charge is 0.496 e. The summed E-state index contributed by atoms with van der Waals surface area (Å²) in [4.78, 5) is 12.7. The maximum Gasteiger partial charge on any atom is 0.150 e. The molecule has 1 atom stereocenters. The van der Waals surface area contributed by atoms with Gasteiger partial charge in [-0.3, -0.25) is 9.69 Å². The van der Waals surface area contributed by atoms with Crippen LogP contribution in [-0.2, 0) is 6.54 Å². The molecule has 0 saturated carbocycles. The van der Waals surface area contributed by atoms with E-state index in [4.69, 9.17) is 9.84 Å². The third kappa shape index (κ3) is 3.54. The lowest BCUT2D eigenvalue weighted by molar-refractivity contribution is 0.112. The minimum absolute atomic E-state index is 0.0691. The Morgan fingerprint density at radius 1 is 1.53 bits per heavy atom. The van der Waals surface area contributed by atoms with Crippen molar-refractivity contribution in [3.63, 3.8) is 0 Å². The average molecular weight is 237 g/mol. The van der Waals surface area contributed by atoms with Crippen LogP contribution in [0, 0.1) is 0 Å². The molecule has 0 aliphatic carbocycles. The third-order valence-electron chi connectivity index (χ3n) is 2.88. The minimum Gasteiger partial charge on any atom is -0.496 e. The number of aliphatic hydroxyl groups is 1. The zero-order valence-corrected chi connectivity index (χ0v) is 10.5. The second-order valence-corrected chi connectivity index (χ2v) is 4.14. The van der Waals surface area contributed by atoms with Gasteiger partial charge in [-0.1, -0.05) is 0 Å². The fraction of sp³-hybridized carbons (Fsp3) is 0.462. The van der Waals surface area contributed by atoms with Crippen LogP contribution >= 0.6 is 0 Å². The summed E-state index contributed by atoms with van der Waals surface area (Å²) in [6, 6.07) is 5.40. The molecule has 1 N–H and O–H groups in total. The average Bonchev–Trinajstić information content (AvgIpc) is 2.37. The lowest BCUT2D eigenvalue weighted by atomic mass is 10.1. The molecule has 4 nitrogen and oxygen atoms in total. The Hall–Kier alpha value is -1.39. The summed E-state index contributed by atoms with van der Waals surface area (Å²) in [6.07, 6.45) is 0.818. The minimum atomic E-state index is 0.0691. The Labute approximate surface area is 102 Å². The number of carbonyl (C=O) groups excluding carboxylic acids is 1. The van der Waals surface area contributed by atoms with Crippen molar-refractivity contribution in [2.75, 3.05) is 20.8 Å².